The number of Topliss-reactive ketones (excluding diaryl/α,β-unsaturated/α-hetero) is 1. The lowest BCUT2D eigenvalue weighted by atomic mass is 10.00. The van der Waals surface area contributed by atoms with Crippen molar-refractivity contribution in [1.82, 2.24) is 0 Å². The molecule has 2 N–H and O–H groups in total. The van der Waals surface area contributed by atoms with Crippen LogP contribution < -0.4 is 5.73 Å². The Morgan fingerprint density at radius 3 is 1.87 bits per heavy atom. The number of carbonyl (C=O) groups is 2. The van der Waals surface area contributed by atoms with Crippen LogP contribution in [0, 0.1) is 0 Å². The molecule has 4 heteroatoms. The normalized spacial score (nSPS) is 11.1. The Labute approximate surface area is 96.8 Å². The molecule has 0 saturated heterocycles. The van der Waals surface area contributed by atoms with Crippen LogP contribution >= 0.6 is 15.9 Å². The van der Waals surface area contributed by atoms with Gasteiger partial charge >= 0.3 is 0 Å². The Hall–Kier alpha value is -1.16. The molecule has 80 valence electrons. The summed E-state index contributed by atoms with van der Waals surface area (Å²) in [4.78, 5) is 22.6. The Morgan fingerprint density at radius 2 is 1.53 bits per heavy atom. The van der Waals surface area contributed by atoms with Gasteiger partial charge in [-0.3, -0.25) is 9.59 Å². The second-order valence-electron chi connectivity index (χ2n) is 3.74. The van der Waals surface area contributed by atoms with Gasteiger partial charge in [0.05, 0.1) is 4.32 Å². The third-order valence-corrected chi connectivity index (χ3v) is 2.33. The second-order valence-corrected chi connectivity index (χ2v) is 5.73. The monoisotopic (exact) mass is 269 g/mol. The largest absolute Gasteiger partial charge is 0.366 e. The maximum atomic E-state index is 11.8. The van der Waals surface area contributed by atoms with Gasteiger partial charge in [-0.15, -0.1) is 0 Å². The van der Waals surface area contributed by atoms with Crippen molar-refractivity contribution in [3.8, 4) is 0 Å². The second kappa shape index (κ2) is 4.14. The van der Waals surface area contributed by atoms with Crippen molar-refractivity contribution >= 4 is 27.6 Å². The molecule has 0 fully saturated rings. The first kappa shape index (κ1) is 11.9. The van der Waals surface area contributed by atoms with Crippen LogP contribution in [0.1, 0.15) is 34.6 Å². The topological polar surface area (TPSA) is 60.2 Å². The number of ketones is 1. The molecule has 1 rings (SSSR count). The van der Waals surface area contributed by atoms with Gasteiger partial charge in [-0.1, -0.05) is 28.1 Å². The standard InChI is InChI=1S/C11H12BrNO2/c1-11(2,12)9(14)7-3-5-8(6-4-7)10(13)15/h3-6H,1-2H3,(H2,13,15). The fourth-order valence-corrected chi connectivity index (χ4v) is 1.36. The van der Waals surface area contributed by atoms with Crippen molar-refractivity contribution < 1.29 is 9.59 Å². The van der Waals surface area contributed by atoms with Crippen LogP contribution in [0.15, 0.2) is 24.3 Å². The quantitative estimate of drug-likeness (QED) is 0.675. The van der Waals surface area contributed by atoms with Crippen molar-refractivity contribution in [2.75, 3.05) is 0 Å². The summed E-state index contributed by atoms with van der Waals surface area (Å²) in [5.41, 5.74) is 6.05. The van der Waals surface area contributed by atoms with Gasteiger partial charge in [0.1, 0.15) is 0 Å². The number of alkyl halides is 1. The number of nitrogens with two attached hydrogens (primary N) is 1. The van der Waals surface area contributed by atoms with Crippen molar-refractivity contribution in [3.63, 3.8) is 0 Å². The minimum Gasteiger partial charge on any atom is -0.366 e. The van der Waals surface area contributed by atoms with Gasteiger partial charge in [0.2, 0.25) is 5.91 Å². The predicted molar refractivity (Wildman–Crippen MR) is 62.3 cm³/mol. The molecule has 1 aromatic carbocycles. The summed E-state index contributed by atoms with van der Waals surface area (Å²) in [6.07, 6.45) is 0. The van der Waals surface area contributed by atoms with E-state index >= 15 is 0 Å². The van der Waals surface area contributed by atoms with Gasteiger partial charge in [-0.05, 0) is 26.0 Å². The van der Waals surface area contributed by atoms with E-state index in [0.29, 0.717) is 11.1 Å². The lowest BCUT2D eigenvalue weighted by Gasteiger charge is -2.14. The van der Waals surface area contributed by atoms with Crippen LogP contribution in [0.5, 0.6) is 0 Å². The van der Waals surface area contributed by atoms with Crippen LogP contribution in [0.2, 0.25) is 0 Å². The number of carbonyl (C=O) groups excluding carboxylic acids is 2. The Balaban J connectivity index is 3.00. The summed E-state index contributed by atoms with van der Waals surface area (Å²) in [5.74, 6) is -0.523. The van der Waals surface area contributed by atoms with Crippen LogP contribution in [0.25, 0.3) is 0 Å². The van der Waals surface area contributed by atoms with Crippen molar-refractivity contribution in [1.29, 1.82) is 0 Å². The summed E-state index contributed by atoms with van der Waals surface area (Å²) in [7, 11) is 0. The molecule has 0 atom stereocenters. The van der Waals surface area contributed by atoms with Gasteiger partial charge in [0.15, 0.2) is 5.78 Å². The summed E-state index contributed by atoms with van der Waals surface area (Å²) in [6.45, 7) is 3.55. The molecule has 0 radical (unpaired) electrons. The van der Waals surface area contributed by atoms with Gasteiger partial charge in [0.25, 0.3) is 0 Å². The predicted octanol–water partition coefficient (Wildman–Crippen LogP) is 2.14. The number of halogens is 1. The first-order chi connectivity index (χ1) is 6.82. The molecular formula is C11H12BrNO2. The third-order valence-electron chi connectivity index (χ3n) is 1.97. The zero-order chi connectivity index (χ0) is 11.6. The lowest BCUT2D eigenvalue weighted by molar-refractivity contribution is 0.0958. The molecule has 0 aliphatic heterocycles. The van der Waals surface area contributed by atoms with Crippen LogP contribution in [0.3, 0.4) is 0 Å². The van der Waals surface area contributed by atoms with E-state index in [4.69, 9.17) is 5.73 Å². The molecule has 0 aliphatic rings. The number of benzene rings is 1. The number of primary amides is 1. The molecular weight excluding hydrogens is 258 g/mol. The number of hydrogen-bond donors (Lipinski definition) is 1. The SMILES string of the molecule is CC(C)(Br)C(=O)c1ccc(C(N)=O)cc1. The maximum absolute atomic E-state index is 11.8. The molecule has 0 aromatic heterocycles. The maximum Gasteiger partial charge on any atom is 0.248 e. The van der Waals surface area contributed by atoms with E-state index in [1.807, 2.05) is 0 Å². The van der Waals surface area contributed by atoms with E-state index in [1.165, 1.54) is 0 Å². The fourth-order valence-electron chi connectivity index (χ4n) is 1.13. The molecule has 0 saturated carbocycles. The van der Waals surface area contributed by atoms with E-state index in [-0.39, 0.29) is 5.78 Å². The smallest absolute Gasteiger partial charge is 0.248 e. The van der Waals surface area contributed by atoms with Gasteiger partial charge in [-0.2, -0.15) is 0 Å². The average molecular weight is 270 g/mol. The van der Waals surface area contributed by atoms with Gasteiger partial charge in [0, 0.05) is 11.1 Å². The number of amides is 1. The highest BCUT2D eigenvalue weighted by Crippen LogP contribution is 2.22. The Kier molecular flexibility index (Phi) is 3.29. The van der Waals surface area contributed by atoms with Crippen LogP contribution in [0.4, 0.5) is 0 Å². The molecule has 3 nitrogen and oxygen atoms in total. The van der Waals surface area contributed by atoms with E-state index in [0.717, 1.165) is 0 Å². The summed E-state index contributed by atoms with van der Waals surface area (Å²) in [5, 5.41) is 0. The van der Waals surface area contributed by atoms with Gasteiger partial charge in [-0.25, -0.2) is 0 Å². The molecule has 0 bridgehead atoms. The first-order valence-corrected chi connectivity index (χ1v) is 5.25. The Morgan fingerprint density at radius 1 is 1.13 bits per heavy atom. The van der Waals surface area contributed by atoms with E-state index in [1.54, 1.807) is 38.1 Å². The molecule has 0 unspecified atom stereocenters. The molecule has 0 spiro atoms. The van der Waals surface area contributed by atoms with Gasteiger partial charge < -0.3 is 5.73 Å². The van der Waals surface area contributed by atoms with Crippen molar-refractivity contribution in [3.05, 3.63) is 35.4 Å². The average Bonchev–Trinajstić information content (AvgIpc) is 2.15. The molecule has 0 heterocycles. The first-order valence-electron chi connectivity index (χ1n) is 4.46. The highest BCUT2D eigenvalue weighted by molar-refractivity contribution is 9.10. The zero-order valence-corrected chi connectivity index (χ0v) is 10.2. The van der Waals surface area contributed by atoms with E-state index in [9.17, 15) is 9.59 Å². The van der Waals surface area contributed by atoms with Crippen LogP contribution in [-0.2, 0) is 0 Å². The molecule has 1 aromatic rings. The summed E-state index contributed by atoms with van der Waals surface area (Å²) >= 11 is 3.29. The van der Waals surface area contributed by atoms with E-state index in [2.05, 4.69) is 15.9 Å². The minimum absolute atomic E-state index is 0.0291. The lowest BCUT2D eigenvalue weighted by Crippen LogP contribution is -2.24. The summed E-state index contributed by atoms with van der Waals surface area (Å²) < 4.78 is -0.596. The van der Waals surface area contributed by atoms with Crippen molar-refractivity contribution in [2.45, 2.75) is 18.2 Å². The third kappa shape index (κ3) is 2.89. The minimum atomic E-state index is -0.596. The fraction of sp³-hybridized carbons (Fsp3) is 0.273. The number of hydrogen-bond acceptors (Lipinski definition) is 2. The van der Waals surface area contributed by atoms with E-state index < -0.39 is 10.2 Å². The molecule has 0 aliphatic carbocycles. The Bertz CT molecular complexity index is 390. The highest BCUT2D eigenvalue weighted by Gasteiger charge is 2.24. The number of rotatable bonds is 3. The molecule has 15 heavy (non-hydrogen) atoms. The van der Waals surface area contributed by atoms with Crippen LogP contribution in [-0.4, -0.2) is 16.0 Å². The summed E-state index contributed by atoms with van der Waals surface area (Å²) in [6, 6.07) is 6.31. The highest BCUT2D eigenvalue weighted by atomic mass is 79.9. The molecule has 1 amide bonds. The van der Waals surface area contributed by atoms with Crippen molar-refractivity contribution in [2.24, 2.45) is 5.73 Å². The zero-order valence-electron chi connectivity index (χ0n) is 8.58.